The minimum atomic E-state index is -4.72. The van der Waals surface area contributed by atoms with E-state index in [4.69, 9.17) is 4.74 Å². The summed E-state index contributed by atoms with van der Waals surface area (Å²) in [5, 5.41) is 17.8. The van der Waals surface area contributed by atoms with Gasteiger partial charge in [-0.1, -0.05) is 0 Å². The lowest BCUT2D eigenvalue weighted by atomic mass is 10.0. The van der Waals surface area contributed by atoms with Crippen molar-refractivity contribution in [3.8, 4) is 0 Å². The Balaban J connectivity index is 1.74. The summed E-state index contributed by atoms with van der Waals surface area (Å²) in [6.07, 6.45) is -3.12. The number of hydrogen-bond acceptors (Lipinski definition) is 9. The van der Waals surface area contributed by atoms with Gasteiger partial charge < -0.3 is 20.3 Å². The summed E-state index contributed by atoms with van der Waals surface area (Å²) in [5.41, 5.74) is -1.10. The summed E-state index contributed by atoms with van der Waals surface area (Å²) in [6.45, 7) is 4.09. The molecule has 0 spiro atoms. The predicted molar refractivity (Wildman–Crippen MR) is 120 cm³/mol. The number of pyridine rings is 1. The first kappa shape index (κ1) is 23.4. The van der Waals surface area contributed by atoms with Gasteiger partial charge in [-0.25, -0.2) is 9.97 Å². The molecule has 1 saturated heterocycles. The number of rotatable bonds is 6. The number of anilines is 3. The summed E-state index contributed by atoms with van der Waals surface area (Å²) >= 11 is 0. The van der Waals surface area contributed by atoms with E-state index in [1.165, 1.54) is 0 Å². The first-order valence-electron chi connectivity index (χ1n) is 10.5. The van der Waals surface area contributed by atoms with Crippen LogP contribution in [0.5, 0.6) is 0 Å². The van der Waals surface area contributed by atoms with Gasteiger partial charge in [0.05, 0.1) is 41.5 Å². The quantitative estimate of drug-likeness (QED) is 0.401. The van der Waals surface area contributed by atoms with Crippen molar-refractivity contribution >= 4 is 34.2 Å². The third-order valence-corrected chi connectivity index (χ3v) is 5.46. The molecule has 180 valence electrons. The van der Waals surface area contributed by atoms with E-state index in [1.54, 1.807) is 20.2 Å². The van der Waals surface area contributed by atoms with Gasteiger partial charge in [-0.3, -0.25) is 10.1 Å². The van der Waals surface area contributed by atoms with Crippen molar-refractivity contribution in [2.75, 3.05) is 48.9 Å². The highest BCUT2D eigenvalue weighted by atomic mass is 19.4. The van der Waals surface area contributed by atoms with Crippen LogP contribution in [-0.4, -0.2) is 53.2 Å². The van der Waals surface area contributed by atoms with E-state index in [9.17, 15) is 23.3 Å². The van der Waals surface area contributed by atoms with Crippen LogP contribution in [0.4, 0.5) is 36.4 Å². The molecule has 10 nitrogen and oxygen atoms in total. The second-order valence-electron chi connectivity index (χ2n) is 7.74. The normalized spacial score (nSPS) is 15.3. The van der Waals surface area contributed by atoms with E-state index in [0.717, 1.165) is 12.1 Å². The SMILES string of the molecule is CNc1nc(N[C@H](C)c2cc([N+](=O)[O-])cc(C(F)(F)F)c2)c2cc(N3CCOCC3)ncc2n1. The molecule has 34 heavy (non-hydrogen) atoms. The van der Waals surface area contributed by atoms with Crippen LogP contribution < -0.4 is 15.5 Å². The Morgan fingerprint density at radius 2 is 1.91 bits per heavy atom. The first-order chi connectivity index (χ1) is 16.2. The Kier molecular flexibility index (Phi) is 6.37. The number of nitrogens with zero attached hydrogens (tertiary/aromatic N) is 5. The molecule has 13 heteroatoms. The van der Waals surface area contributed by atoms with Crippen molar-refractivity contribution < 1.29 is 22.8 Å². The molecule has 1 aliphatic heterocycles. The Morgan fingerprint density at radius 1 is 1.18 bits per heavy atom. The first-order valence-corrected chi connectivity index (χ1v) is 10.5. The summed E-state index contributed by atoms with van der Waals surface area (Å²) in [7, 11) is 1.64. The number of morpholine rings is 1. The zero-order valence-electron chi connectivity index (χ0n) is 18.4. The molecular formula is C21H22F3N7O3. The van der Waals surface area contributed by atoms with Crippen LogP contribution in [0.2, 0.25) is 0 Å². The third kappa shape index (κ3) is 4.93. The van der Waals surface area contributed by atoms with Crippen LogP contribution in [0.1, 0.15) is 24.1 Å². The maximum atomic E-state index is 13.3. The maximum Gasteiger partial charge on any atom is 0.416 e. The molecule has 0 radical (unpaired) electrons. The van der Waals surface area contributed by atoms with Gasteiger partial charge in [-0.15, -0.1) is 0 Å². The zero-order valence-corrected chi connectivity index (χ0v) is 18.4. The monoisotopic (exact) mass is 477 g/mol. The number of ether oxygens (including phenoxy) is 1. The number of nitro benzene ring substituents is 1. The molecule has 0 bridgehead atoms. The van der Waals surface area contributed by atoms with Crippen molar-refractivity contribution in [3.05, 3.63) is 51.7 Å². The molecule has 3 heterocycles. The maximum absolute atomic E-state index is 13.3. The fourth-order valence-electron chi connectivity index (χ4n) is 3.65. The second kappa shape index (κ2) is 9.25. The molecule has 0 amide bonds. The number of hydrogen-bond donors (Lipinski definition) is 2. The van der Waals surface area contributed by atoms with Gasteiger partial charge in [0.25, 0.3) is 5.69 Å². The molecule has 1 atom stereocenters. The number of non-ortho nitro benzene ring substituents is 1. The second-order valence-corrected chi connectivity index (χ2v) is 7.74. The van der Waals surface area contributed by atoms with E-state index in [1.807, 2.05) is 6.07 Å². The van der Waals surface area contributed by atoms with Gasteiger partial charge in [-0.2, -0.15) is 18.2 Å². The molecule has 0 unspecified atom stereocenters. The molecule has 1 fully saturated rings. The minimum Gasteiger partial charge on any atom is -0.378 e. The zero-order chi connectivity index (χ0) is 24.5. The van der Waals surface area contributed by atoms with Crippen LogP contribution in [0.15, 0.2) is 30.5 Å². The van der Waals surface area contributed by atoms with Gasteiger partial charge >= 0.3 is 6.18 Å². The molecule has 3 aromatic rings. The van der Waals surface area contributed by atoms with Crippen LogP contribution in [-0.2, 0) is 10.9 Å². The Labute approximate surface area is 192 Å². The Morgan fingerprint density at radius 3 is 2.56 bits per heavy atom. The lowest BCUT2D eigenvalue weighted by Gasteiger charge is -2.28. The van der Waals surface area contributed by atoms with Gasteiger partial charge in [0.2, 0.25) is 5.95 Å². The van der Waals surface area contributed by atoms with Crippen LogP contribution in [0.3, 0.4) is 0 Å². The number of benzene rings is 1. The highest BCUT2D eigenvalue weighted by molar-refractivity contribution is 5.91. The summed E-state index contributed by atoms with van der Waals surface area (Å²) in [5.74, 6) is 1.35. The predicted octanol–water partition coefficient (Wildman–Crippen LogP) is 4.00. The lowest BCUT2D eigenvalue weighted by Crippen LogP contribution is -2.36. The number of nitrogens with one attached hydrogen (secondary N) is 2. The Hall–Kier alpha value is -3.74. The number of nitro groups is 1. The summed E-state index contributed by atoms with van der Waals surface area (Å²) in [6, 6.07) is 3.62. The number of fused-ring (bicyclic) bond motifs is 1. The number of halogens is 3. The van der Waals surface area contributed by atoms with Crippen molar-refractivity contribution in [2.45, 2.75) is 19.1 Å². The van der Waals surface area contributed by atoms with Crippen molar-refractivity contribution in [3.63, 3.8) is 0 Å². The summed E-state index contributed by atoms with van der Waals surface area (Å²) < 4.78 is 45.4. The number of alkyl halides is 3. The molecule has 2 N–H and O–H groups in total. The van der Waals surface area contributed by atoms with Gasteiger partial charge in [-0.05, 0) is 24.6 Å². The third-order valence-electron chi connectivity index (χ3n) is 5.46. The molecule has 0 aliphatic carbocycles. The van der Waals surface area contributed by atoms with Gasteiger partial charge in [0.1, 0.15) is 11.6 Å². The van der Waals surface area contributed by atoms with Crippen molar-refractivity contribution in [1.29, 1.82) is 0 Å². The van der Waals surface area contributed by atoms with Crippen molar-refractivity contribution in [2.24, 2.45) is 0 Å². The standard InChI is InChI=1S/C21H22F3N7O3/c1-12(13-7-14(21(22,23)24)9-15(8-13)31(32)33)27-19-16-10-18(30-3-5-34-6-4-30)26-11-17(16)28-20(25-2)29-19/h7-12H,3-6H2,1-2H3,(H2,25,27,28,29)/t12-/m1/s1. The molecular weight excluding hydrogens is 455 g/mol. The molecule has 0 saturated carbocycles. The average molecular weight is 477 g/mol. The van der Waals surface area contributed by atoms with Crippen LogP contribution in [0.25, 0.3) is 10.9 Å². The van der Waals surface area contributed by atoms with Crippen LogP contribution >= 0.6 is 0 Å². The van der Waals surface area contributed by atoms with E-state index in [2.05, 4.69) is 30.5 Å². The smallest absolute Gasteiger partial charge is 0.378 e. The van der Waals surface area contributed by atoms with E-state index in [-0.39, 0.29) is 11.5 Å². The van der Waals surface area contributed by atoms with Gasteiger partial charge in [0.15, 0.2) is 0 Å². The topological polar surface area (TPSA) is 118 Å². The highest BCUT2D eigenvalue weighted by Crippen LogP contribution is 2.35. The van der Waals surface area contributed by atoms with Crippen LogP contribution in [0, 0.1) is 10.1 Å². The number of aromatic nitrogens is 3. The molecule has 1 aromatic carbocycles. The van der Waals surface area contributed by atoms with E-state index in [0.29, 0.717) is 54.9 Å². The largest absolute Gasteiger partial charge is 0.416 e. The highest BCUT2D eigenvalue weighted by Gasteiger charge is 2.33. The van der Waals surface area contributed by atoms with Crippen molar-refractivity contribution in [1.82, 2.24) is 15.0 Å². The fourth-order valence-corrected chi connectivity index (χ4v) is 3.65. The minimum absolute atomic E-state index is 0.0988. The van der Waals surface area contributed by atoms with E-state index >= 15 is 0 Å². The molecule has 1 aliphatic rings. The summed E-state index contributed by atoms with van der Waals surface area (Å²) in [4.78, 5) is 25.8. The molecule has 4 rings (SSSR count). The van der Waals surface area contributed by atoms with E-state index < -0.39 is 28.4 Å². The average Bonchev–Trinajstić information content (AvgIpc) is 2.83. The lowest BCUT2D eigenvalue weighted by molar-refractivity contribution is -0.385. The van der Waals surface area contributed by atoms with Gasteiger partial charge in [0, 0.05) is 37.7 Å². The molecule has 2 aromatic heterocycles. The fraction of sp³-hybridized carbons (Fsp3) is 0.381. The Bertz CT molecular complexity index is 1220.